The third kappa shape index (κ3) is 2.84. The number of hydrogen-bond acceptors (Lipinski definition) is 3. The molecule has 0 bridgehead atoms. The Morgan fingerprint density at radius 1 is 1.33 bits per heavy atom. The van der Waals surface area contributed by atoms with Crippen LogP contribution < -0.4 is 5.32 Å². The Morgan fingerprint density at radius 2 is 2.17 bits per heavy atom. The first-order valence-corrected chi connectivity index (χ1v) is 5.50. The van der Waals surface area contributed by atoms with Gasteiger partial charge < -0.3 is 5.32 Å². The number of aromatic nitrogens is 1. The van der Waals surface area contributed by atoms with Gasteiger partial charge in [-0.15, -0.1) is 0 Å². The number of benzene rings is 1. The number of carbonyl (C=O) groups excluding carboxylic acids is 1. The minimum absolute atomic E-state index is 0.297. The molecule has 0 radical (unpaired) electrons. The summed E-state index contributed by atoms with van der Waals surface area (Å²) >= 11 is 5.72. The second kappa shape index (κ2) is 5.30. The van der Waals surface area contributed by atoms with Gasteiger partial charge in [0.1, 0.15) is 5.15 Å². The summed E-state index contributed by atoms with van der Waals surface area (Å²) in [6.07, 6.45) is 1.50. The molecule has 0 unspecified atom stereocenters. The van der Waals surface area contributed by atoms with E-state index in [1.54, 1.807) is 30.3 Å². The van der Waals surface area contributed by atoms with Crippen LogP contribution in [0.15, 0.2) is 42.6 Å². The molecule has 1 heterocycles. The second-order valence-electron chi connectivity index (χ2n) is 3.51. The molecule has 1 aromatic heterocycles. The zero-order valence-corrected chi connectivity index (χ0v) is 9.98. The van der Waals surface area contributed by atoms with Gasteiger partial charge in [-0.3, -0.25) is 4.79 Å². The molecule has 5 heteroatoms. The molecule has 2 aromatic rings. The standard InChI is InChI=1S/C13H8ClN3O/c14-12-7-11(4-5-16-12)17-13(18)10-3-1-2-9(6-10)8-15/h1-7H,(H,16,17,18). The monoisotopic (exact) mass is 257 g/mol. The summed E-state index contributed by atoms with van der Waals surface area (Å²) in [5.41, 5.74) is 1.42. The highest BCUT2D eigenvalue weighted by Crippen LogP contribution is 2.13. The van der Waals surface area contributed by atoms with Crippen LogP contribution in [-0.2, 0) is 0 Å². The van der Waals surface area contributed by atoms with Crippen LogP contribution in [0.25, 0.3) is 0 Å². The maximum absolute atomic E-state index is 11.9. The lowest BCUT2D eigenvalue weighted by Crippen LogP contribution is -2.11. The van der Waals surface area contributed by atoms with Crippen molar-refractivity contribution in [3.8, 4) is 6.07 Å². The summed E-state index contributed by atoms with van der Waals surface area (Å²) in [6, 6.07) is 11.6. The lowest BCUT2D eigenvalue weighted by Gasteiger charge is -2.05. The third-order valence-electron chi connectivity index (χ3n) is 2.24. The summed E-state index contributed by atoms with van der Waals surface area (Å²) in [6.45, 7) is 0. The molecule has 1 N–H and O–H groups in total. The number of nitriles is 1. The van der Waals surface area contributed by atoms with Gasteiger partial charge in [-0.1, -0.05) is 17.7 Å². The Morgan fingerprint density at radius 3 is 2.89 bits per heavy atom. The van der Waals surface area contributed by atoms with Crippen molar-refractivity contribution in [2.75, 3.05) is 5.32 Å². The van der Waals surface area contributed by atoms with Gasteiger partial charge >= 0.3 is 0 Å². The van der Waals surface area contributed by atoms with E-state index in [1.165, 1.54) is 12.3 Å². The van der Waals surface area contributed by atoms with Gasteiger partial charge in [0, 0.05) is 17.4 Å². The Kier molecular flexibility index (Phi) is 3.56. The molecule has 1 amide bonds. The molecule has 4 nitrogen and oxygen atoms in total. The molecule has 0 saturated carbocycles. The summed E-state index contributed by atoms with van der Waals surface area (Å²) in [4.78, 5) is 15.7. The van der Waals surface area contributed by atoms with Crippen LogP contribution in [0.4, 0.5) is 5.69 Å². The van der Waals surface area contributed by atoms with E-state index >= 15 is 0 Å². The maximum atomic E-state index is 11.9. The van der Waals surface area contributed by atoms with Gasteiger partial charge in [-0.05, 0) is 30.3 Å². The van der Waals surface area contributed by atoms with E-state index in [4.69, 9.17) is 16.9 Å². The van der Waals surface area contributed by atoms with Crippen molar-refractivity contribution in [1.29, 1.82) is 5.26 Å². The first kappa shape index (κ1) is 12.1. The fourth-order valence-corrected chi connectivity index (χ4v) is 1.59. The van der Waals surface area contributed by atoms with Crippen molar-refractivity contribution >= 4 is 23.2 Å². The first-order chi connectivity index (χ1) is 8.69. The Hall–Kier alpha value is -2.38. The smallest absolute Gasteiger partial charge is 0.255 e. The van der Waals surface area contributed by atoms with Crippen LogP contribution in [0.5, 0.6) is 0 Å². The number of amides is 1. The fourth-order valence-electron chi connectivity index (χ4n) is 1.41. The number of hydrogen-bond donors (Lipinski definition) is 1. The van der Waals surface area contributed by atoms with E-state index in [1.807, 2.05) is 6.07 Å². The van der Waals surface area contributed by atoms with Crippen molar-refractivity contribution in [3.63, 3.8) is 0 Å². The average Bonchev–Trinajstić information content (AvgIpc) is 2.39. The number of nitrogens with zero attached hydrogens (tertiary/aromatic N) is 2. The molecule has 0 fully saturated rings. The topological polar surface area (TPSA) is 65.8 Å². The molecule has 0 atom stereocenters. The molecular weight excluding hydrogens is 250 g/mol. The highest BCUT2D eigenvalue weighted by molar-refractivity contribution is 6.29. The molecule has 18 heavy (non-hydrogen) atoms. The maximum Gasteiger partial charge on any atom is 0.255 e. The molecule has 0 spiro atoms. The van der Waals surface area contributed by atoms with Gasteiger partial charge in [-0.25, -0.2) is 4.98 Å². The highest BCUT2D eigenvalue weighted by Gasteiger charge is 2.07. The van der Waals surface area contributed by atoms with Crippen LogP contribution in [0.3, 0.4) is 0 Å². The minimum atomic E-state index is -0.297. The van der Waals surface area contributed by atoms with E-state index < -0.39 is 0 Å². The van der Waals surface area contributed by atoms with E-state index in [2.05, 4.69) is 10.3 Å². The zero-order valence-electron chi connectivity index (χ0n) is 9.22. The lowest BCUT2D eigenvalue weighted by molar-refractivity contribution is 0.102. The van der Waals surface area contributed by atoms with Crippen LogP contribution in [0, 0.1) is 11.3 Å². The average molecular weight is 258 g/mol. The molecular formula is C13H8ClN3O. The number of carbonyl (C=O) groups is 1. The third-order valence-corrected chi connectivity index (χ3v) is 2.44. The molecule has 0 aliphatic carbocycles. The minimum Gasteiger partial charge on any atom is -0.322 e. The summed E-state index contributed by atoms with van der Waals surface area (Å²) in [7, 11) is 0. The lowest BCUT2D eigenvalue weighted by atomic mass is 10.1. The van der Waals surface area contributed by atoms with Crippen LogP contribution >= 0.6 is 11.6 Å². The van der Waals surface area contributed by atoms with Gasteiger partial charge in [0.25, 0.3) is 5.91 Å². The van der Waals surface area contributed by atoms with Gasteiger partial charge in [-0.2, -0.15) is 5.26 Å². The summed E-state index contributed by atoms with van der Waals surface area (Å²) in [5, 5.41) is 11.7. The van der Waals surface area contributed by atoms with Crippen molar-refractivity contribution in [1.82, 2.24) is 4.98 Å². The van der Waals surface area contributed by atoms with E-state index in [9.17, 15) is 4.79 Å². The molecule has 0 aliphatic heterocycles. The number of anilines is 1. The number of rotatable bonds is 2. The van der Waals surface area contributed by atoms with Crippen molar-refractivity contribution < 1.29 is 4.79 Å². The normalized spacial score (nSPS) is 9.56. The Labute approximate surface area is 109 Å². The number of halogens is 1. The SMILES string of the molecule is N#Cc1cccc(C(=O)Nc2ccnc(Cl)c2)c1. The number of pyridine rings is 1. The predicted octanol–water partition coefficient (Wildman–Crippen LogP) is 2.86. The fraction of sp³-hybridized carbons (Fsp3) is 0. The Balaban J connectivity index is 2.20. The Bertz CT molecular complexity index is 634. The molecule has 88 valence electrons. The van der Waals surface area contributed by atoms with Gasteiger partial charge in [0.05, 0.1) is 11.6 Å². The second-order valence-corrected chi connectivity index (χ2v) is 3.90. The van der Waals surface area contributed by atoms with Crippen LogP contribution in [0.2, 0.25) is 5.15 Å². The summed E-state index contributed by atoms with van der Waals surface area (Å²) in [5.74, 6) is -0.297. The first-order valence-electron chi connectivity index (χ1n) is 5.12. The van der Waals surface area contributed by atoms with Crippen molar-refractivity contribution in [2.45, 2.75) is 0 Å². The number of nitrogens with one attached hydrogen (secondary N) is 1. The van der Waals surface area contributed by atoms with Crippen molar-refractivity contribution in [2.24, 2.45) is 0 Å². The van der Waals surface area contributed by atoms with Crippen LogP contribution in [0.1, 0.15) is 15.9 Å². The highest BCUT2D eigenvalue weighted by atomic mass is 35.5. The van der Waals surface area contributed by atoms with Crippen molar-refractivity contribution in [3.05, 3.63) is 58.9 Å². The molecule has 0 aliphatic rings. The predicted molar refractivity (Wildman–Crippen MR) is 68.4 cm³/mol. The molecule has 2 rings (SSSR count). The zero-order chi connectivity index (χ0) is 13.0. The van der Waals surface area contributed by atoms with E-state index in [-0.39, 0.29) is 5.91 Å². The molecule has 1 aromatic carbocycles. The van der Waals surface area contributed by atoms with E-state index in [0.717, 1.165) is 0 Å². The largest absolute Gasteiger partial charge is 0.322 e. The quantitative estimate of drug-likeness (QED) is 0.842. The van der Waals surface area contributed by atoms with Gasteiger partial charge in [0.2, 0.25) is 0 Å². The van der Waals surface area contributed by atoms with Crippen LogP contribution in [-0.4, -0.2) is 10.9 Å². The van der Waals surface area contributed by atoms with E-state index in [0.29, 0.717) is 22.0 Å². The van der Waals surface area contributed by atoms with Gasteiger partial charge in [0.15, 0.2) is 0 Å². The summed E-state index contributed by atoms with van der Waals surface area (Å²) < 4.78 is 0. The molecule has 0 saturated heterocycles.